The maximum absolute atomic E-state index is 11.0. The van der Waals surface area contributed by atoms with Crippen LogP contribution in [0.4, 0.5) is 0 Å². The predicted molar refractivity (Wildman–Crippen MR) is 67.9 cm³/mol. The van der Waals surface area contributed by atoms with Crippen molar-refractivity contribution in [3.63, 3.8) is 0 Å². The highest BCUT2D eigenvalue weighted by molar-refractivity contribution is 5.89. The summed E-state index contributed by atoms with van der Waals surface area (Å²) in [6, 6.07) is 8.76. The van der Waals surface area contributed by atoms with E-state index in [1.165, 1.54) is 0 Å². The van der Waals surface area contributed by atoms with E-state index < -0.39 is 5.97 Å². The molecule has 0 amide bonds. The molecule has 2 aromatic rings. The van der Waals surface area contributed by atoms with Crippen molar-refractivity contribution < 1.29 is 14.6 Å². The summed E-state index contributed by atoms with van der Waals surface area (Å²) in [5.41, 5.74) is 2.67. The van der Waals surface area contributed by atoms with Crippen LogP contribution in [-0.2, 0) is 0 Å². The first-order valence-electron chi connectivity index (χ1n) is 5.45. The normalized spacial score (nSPS) is 10.1. The second kappa shape index (κ2) is 4.87. The van der Waals surface area contributed by atoms with Crippen molar-refractivity contribution in [2.75, 3.05) is 7.11 Å². The van der Waals surface area contributed by atoms with E-state index in [9.17, 15) is 4.79 Å². The summed E-state index contributed by atoms with van der Waals surface area (Å²) in [5, 5.41) is 9.02. The quantitative estimate of drug-likeness (QED) is 0.900. The molecule has 0 unspecified atom stereocenters. The summed E-state index contributed by atoms with van der Waals surface area (Å²) in [5.74, 6) is -0.265. The smallest absolute Gasteiger partial charge is 0.335 e. The lowest BCUT2D eigenvalue weighted by atomic mass is 10.0. The Hall–Kier alpha value is -2.36. The second-order valence-corrected chi connectivity index (χ2v) is 3.98. The SMILES string of the molecule is COc1ccc(-c2cc(C)cc(C(=O)O)c2)nc1. The number of hydrogen-bond donors (Lipinski definition) is 1. The van der Waals surface area contributed by atoms with Crippen molar-refractivity contribution >= 4 is 5.97 Å². The Kier molecular flexibility index (Phi) is 3.28. The molecule has 18 heavy (non-hydrogen) atoms. The maximum atomic E-state index is 11.0. The van der Waals surface area contributed by atoms with Gasteiger partial charge in [-0.25, -0.2) is 4.79 Å². The van der Waals surface area contributed by atoms with Gasteiger partial charge < -0.3 is 9.84 Å². The molecule has 1 aromatic carbocycles. The van der Waals surface area contributed by atoms with Crippen LogP contribution < -0.4 is 4.74 Å². The van der Waals surface area contributed by atoms with E-state index in [0.717, 1.165) is 16.8 Å². The fraction of sp³-hybridized carbons (Fsp3) is 0.143. The van der Waals surface area contributed by atoms with Crippen molar-refractivity contribution in [3.8, 4) is 17.0 Å². The van der Waals surface area contributed by atoms with Crippen molar-refractivity contribution in [1.82, 2.24) is 4.98 Å². The summed E-state index contributed by atoms with van der Waals surface area (Å²) in [7, 11) is 1.58. The Balaban J connectivity index is 2.46. The number of benzene rings is 1. The van der Waals surface area contributed by atoms with Gasteiger partial charge in [-0.15, -0.1) is 0 Å². The number of methoxy groups -OCH3 is 1. The number of hydrogen-bond acceptors (Lipinski definition) is 3. The van der Waals surface area contributed by atoms with E-state index in [-0.39, 0.29) is 5.56 Å². The molecule has 2 rings (SSSR count). The monoisotopic (exact) mass is 243 g/mol. The van der Waals surface area contributed by atoms with Gasteiger partial charge in [-0.05, 0) is 42.8 Å². The van der Waals surface area contributed by atoms with Crippen LogP contribution in [0.1, 0.15) is 15.9 Å². The number of carboxylic acids is 1. The topological polar surface area (TPSA) is 59.4 Å². The first kappa shape index (κ1) is 12.1. The number of aromatic carboxylic acids is 1. The van der Waals surface area contributed by atoms with Crippen molar-refractivity contribution in [3.05, 3.63) is 47.7 Å². The number of ether oxygens (including phenoxy) is 1. The van der Waals surface area contributed by atoms with Crippen molar-refractivity contribution in [1.29, 1.82) is 0 Å². The number of pyridine rings is 1. The average molecular weight is 243 g/mol. The predicted octanol–water partition coefficient (Wildman–Crippen LogP) is 2.76. The van der Waals surface area contributed by atoms with E-state index >= 15 is 0 Å². The van der Waals surface area contributed by atoms with Gasteiger partial charge in [0.25, 0.3) is 0 Å². The van der Waals surface area contributed by atoms with Gasteiger partial charge in [0.2, 0.25) is 0 Å². The third-order valence-corrected chi connectivity index (χ3v) is 2.59. The number of nitrogens with zero attached hydrogens (tertiary/aromatic N) is 1. The van der Waals surface area contributed by atoms with Crippen molar-refractivity contribution in [2.24, 2.45) is 0 Å². The van der Waals surface area contributed by atoms with Crippen LogP contribution in [0, 0.1) is 6.92 Å². The van der Waals surface area contributed by atoms with Gasteiger partial charge in [0.15, 0.2) is 0 Å². The van der Waals surface area contributed by atoms with E-state index in [1.807, 2.05) is 13.0 Å². The lowest BCUT2D eigenvalue weighted by Gasteiger charge is -2.05. The Labute approximate surface area is 105 Å². The molecule has 1 aromatic heterocycles. The molecule has 1 heterocycles. The lowest BCUT2D eigenvalue weighted by Crippen LogP contribution is -1.97. The van der Waals surface area contributed by atoms with Crippen LogP contribution >= 0.6 is 0 Å². The zero-order chi connectivity index (χ0) is 13.1. The van der Waals surface area contributed by atoms with Gasteiger partial charge in [-0.2, -0.15) is 0 Å². The highest BCUT2D eigenvalue weighted by Crippen LogP contribution is 2.22. The molecule has 92 valence electrons. The standard InChI is InChI=1S/C14H13NO3/c1-9-5-10(7-11(6-9)14(16)17)13-4-3-12(18-2)8-15-13/h3-8H,1-2H3,(H,16,17). The molecule has 0 saturated heterocycles. The summed E-state index contributed by atoms with van der Waals surface area (Å²) in [4.78, 5) is 15.2. The Morgan fingerprint density at radius 1 is 1.28 bits per heavy atom. The van der Waals surface area contributed by atoms with Crippen LogP contribution in [0.5, 0.6) is 5.75 Å². The van der Waals surface area contributed by atoms with Gasteiger partial charge in [-0.3, -0.25) is 4.98 Å². The van der Waals surface area contributed by atoms with Gasteiger partial charge in [0.05, 0.1) is 24.6 Å². The molecule has 0 aliphatic rings. The second-order valence-electron chi connectivity index (χ2n) is 3.98. The van der Waals surface area contributed by atoms with Gasteiger partial charge in [-0.1, -0.05) is 0 Å². The molecule has 0 atom stereocenters. The fourth-order valence-electron chi connectivity index (χ4n) is 1.73. The Morgan fingerprint density at radius 3 is 2.61 bits per heavy atom. The van der Waals surface area contributed by atoms with Crippen LogP contribution in [0.3, 0.4) is 0 Å². The van der Waals surface area contributed by atoms with Crippen LogP contribution in [0.2, 0.25) is 0 Å². The third-order valence-electron chi connectivity index (χ3n) is 2.59. The molecule has 0 saturated carbocycles. The highest BCUT2D eigenvalue weighted by atomic mass is 16.5. The number of aromatic nitrogens is 1. The number of carboxylic acid groups (broad SMARTS) is 1. The molecule has 0 spiro atoms. The molecule has 0 bridgehead atoms. The lowest BCUT2D eigenvalue weighted by molar-refractivity contribution is 0.0697. The van der Waals surface area contributed by atoms with Gasteiger partial charge in [0.1, 0.15) is 5.75 Å². The van der Waals surface area contributed by atoms with E-state index in [4.69, 9.17) is 9.84 Å². The Morgan fingerprint density at radius 2 is 2.06 bits per heavy atom. The van der Waals surface area contributed by atoms with Crippen molar-refractivity contribution in [2.45, 2.75) is 6.92 Å². The minimum Gasteiger partial charge on any atom is -0.495 e. The minimum absolute atomic E-state index is 0.266. The molecule has 0 aliphatic heterocycles. The number of aryl methyl sites for hydroxylation is 1. The van der Waals surface area contributed by atoms with Crippen LogP contribution in [-0.4, -0.2) is 23.2 Å². The Bertz CT molecular complexity index is 576. The molecular weight excluding hydrogens is 230 g/mol. The van der Waals surface area contributed by atoms with Gasteiger partial charge in [0, 0.05) is 5.56 Å². The summed E-state index contributed by atoms with van der Waals surface area (Å²) >= 11 is 0. The molecule has 4 nitrogen and oxygen atoms in total. The number of rotatable bonds is 3. The largest absolute Gasteiger partial charge is 0.495 e. The minimum atomic E-state index is -0.937. The van der Waals surface area contributed by atoms with Crippen LogP contribution in [0.15, 0.2) is 36.5 Å². The molecule has 1 N–H and O–H groups in total. The maximum Gasteiger partial charge on any atom is 0.335 e. The number of carbonyl (C=O) groups is 1. The fourth-order valence-corrected chi connectivity index (χ4v) is 1.73. The van der Waals surface area contributed by atoms with E-state index in [1.54, 1.807) is 37.6 Å². The third kappa shape index (κ3) is 2.48. The zero-order valence-electron chi connectivity index (χ0n) is 10.2. The first-order valence-corrected chi connectivity index (χ1v) is 5.45. The first-order chi connectivity index (χ1) is 8.60. The highest BCUT2D eigenvalue weighted by Gasteiger charge is 2.07. The molecule has 4 heteroatoms. The molecule has 0 fully saturated rings. The molecule has 0 aliphatic carbocycles. The van der Waals surface area contributed by atoms with Crippen LogP contribution in [0.25, 0.3) is 11.3 Å². The average Bonchev–Trinajstić information content (AvgIpc) is 2.38. The van der Waals surface area contributed by atoms with E-state index in [0.29, 0.717) is 5.75 Å². The summed E-state index contributed by atoms with van der Waals surface area (Å²) in [6.07, 6.45) is 1.61. The summed E-state index contributed by atoms with van der Waals surface area (Å²) in [6.45, 7) is 1.86. The van der Waals surface area contributed by atoms with E-state index in [2.05, 4.69) is 4.98 Å². The summed E-state index contributed by atoms with van der Waals surface area (Å²) < 4.78 is 5.03. The molecular formula is C14H13NO3. The van der Waals surface area contributed by atoms with Gasteiger partial charge >= 0.3 is 5.97 Å². The zero-order valence-corrected chi connectivity index (χ0v) is 10.2. The molecule has 0 radical (unpaired) electrons.